The summed E-state index contributed by atoms with van der Waals surface area (Å²) in [6, 6.07) is 9.46. The van der Waals surface area contributed by atoms with Crippen LogP contribution in [-0.2, 0) is 4.79 Å². The van der Waals surface area contributed by atoms with Gasteiger partial charge in [-0.1, -0.05) is 0 Å². The van der Waals surface area contributed by atoms with Gasteiger partial charge in [0.1, 0.15) is 5.75 Å². The fraction of sp³-hybridized carbons (Fsp3) is 0.389. The summed E-state index contributed by atoms with van der Waals surface area (Å²) in [5.41, 5.74) is 0. The van der Waals surface area contributed by atoms with Crippen molar-refractivity contribution in [3.05, 3.63) is 46.3 Å². The molecule has 1 aliphatic rings. The number of amides is 1. The smallest absolute Gasteiger partial charge is 0.257 e. The number of aromatic nitrogens is 2. The monoisotopic (exact) mass is 467 g/mol. The van der Waals surface area contributed by atoms with E-state index < -0.39 is 0 Å². The predicted molar refractivity (Wildman–Crippen MR) is 108 cm³/mol. The van der Waals surface area contributed by atoms with Crippen molar-refractivity contribution < 1.29 is 9.53 Å². The van der Waals surface area contributed by atoms with Crippen molar-refractivity contribution in [3.8, 4) is 5.75 Å². The van der Waals surface area contributed by atoms with Crippen molar-refractivity contribution in [1.82, 2.24) is 20.2 Å². The summed E-state index contributed by atoms with van der Waals surface area (Å²) in [4.78, 5) is 25.0. The van der Waals surface area contributed by atoms with Crippen LogP contribution in [0.25, 0.3) is 0 Å². The van der Waals surface area contributed by atoms with Gasteiger partial charge >= 0.3 is 0 Å². The Bertz CT molecular complexity index is 690. The number of ether oxygens (including phenoxy) is 1. The summed E-state index contributed by atoms with van der Waals surface area (Å²) < 4.78 is 6.62. The van der Waals surface area contributed by atoms with Gasteiger partial charge in [-0.3, -0.25) is 9.69 Å². The molecule has 0 spiro atoms. The summed E-state index contributed by atoms with van der Waals surface area (Å²) in [7, 11) is 0. The zero-order valence-electron chi connectivity index (χ0n) is 14.5. The standard InChI is InChI=1S/C18H22IN5O2/c19-15-2-4-16(5-3-15)26-14-17(25)20-8-9-23-10-12-24(13-11-23)18-21-6-1-7-22-18/h1-7H,8-14H2,(H,20,25). The molecule has 1 aromatic heterocycles. The molecular weight excluding hydrogens is 445 g/mol. The zero-order valence-corrected chi connectivity index (χ0v) is 16.6. The second kappa shape index (κ2) is 9.67. The molecule has 26 heavy (non-hydrogen) atoms. The highest BCUT2D eigenvalue weighted by molar-refractivity contribution is 14.1. The lowest BCUT2D eigenvalue weighted by molar-refractivity contribution is -0.123. The molecule has 1 N–H and O–H groups in total. The lowest BCUT2D eigenvalue weighted by Crippen LogP contribution is -2.49. The fourth-order valence-corrected chi connectivity index (χ4v) is 3.07. The van der Waals surface area contributed by atoms with E-state index in [1.807, 2.05) is 30.3 Å². The van der Waals surface area contributed by atoms with E-state index in [2.05, 4.69) is 47.7 Å². The van der Waals surface area contributed by atoms with E-state index >= 15 is 0 Å². The molecule has 2 aromatic rings. The van der Waals surface area contributed by atoms with Gasteiger partial charge < -0.3 is 15.0 Å². The number of piperazine rings is 1. The maximum Gasteiger partial charge on any atom is 0.257 e. The lowest BCUT2D eigenvalue weighted by atomic mass is 10.3. The first-order chi connectivity index (χ1) is 12.7. The molecule has 138 valence electrons. The van der Waals surface area contributed by atoms with Crippen molar-refractivity contribution in [3.63, 3.8) is 0 Å². The Morgan fingerprint density at radius 3 is 2.50 bits per heavy atom. The number of hydrogen-bond acceptors (Lipinski definition) is 6. The number of nitrogens with zero attached hydrogens (tertiary/aromatic N) is 4. The van der Waals surface area contributed by atoms with Gasteiger partial charge in [0, 0.05) is 55.2 Å². The van der Waals surface area contributed by atoms with Gasteiger partial charge in [0.25, 0.3) is 5.91 Å². The van der Waals surface area contributed by atoms with Crippen LogP contribution in [0.1, 0.15) is 0 Å². The van der Waals surface area contributed by atoms with Gasteiger partial charge in [-0.2, -0.15) is 0 Å². The van der Waals surface area contributed by atoms with Crippen LogP contribution in [-0.4, -0.2) is 66.7 Å². The van der Waals surface area contributed by atoms with Crippen LogP contribution in [0.15, 0.2) is 42.7 Å². The molecule has 0 bridgehead atoms. The second-order valence-electron chi connectivity index (χ2n) is 5.97. The van der Waals surface area contributed by atoms with E-state index in [1.165, 1.54) is 0 Å². The first-order valence-electron chi connectivity index (χ1n) is 8.60. The van der Waals surface area contributed by atoms with Crippen molar-refractivity contribution in [2.75, 3.05) is 50.8 Å². The number of carbonyl (C=O) groups is 1. The van der Waals surface area contributed by atoms with Crippen molar-refractivity contribution in [1.29, 1.82) is 0 Å². The Balaban J connectivity index is 1.30. The molecule has 0 radical (unpaired) electrons. The molecule has 0 unspecified atom stereocenters. The van der Waals surface area contributed by atoms with Crippen molar-refractivity contribution >= 4 is 34.4 Å². The molecule has 1 aromatic carbocycles. The molecule has 0 aliphatic carbocycles. The van der Waals surface area contributed by atoms with Crippen LogP contribution in [0.3, 0.4) is 0 Å². The molecule has 1 amide bonds. The Morgan fingerprint density at radius 2 is 1.81 bits per heavy atom. The van der Waals surface area contributed by atoms with Crippen LogP contribution in [0.4, 0.5) is 5.95 Å². The van der Waals surface area contributed by atoms with Crippen LogP contribution >= 0.6 is 22.6 Å². The second-order valence-corrected chi connectivity index (χ2v) is 7.22. The number of nitrogens with one attached hydrogen (secondary N) is 1. The molecule has 7 nitrogen and oxygen atoms in total. The van der Waals surface area contributed by atoms with Gasteiger partial charge in [0.05, 0.1) is 0 Å². The maximum atomic E-state index is 11.9. The van der Waals surface area contributed by atoms with Gasteiger partial charge in [0.2, 0.25) is 5.95 Å². The first-order valence-corrected chi connectivity index (χ1v) is 9.68. The molecule has 0 saturated carbocycles. The molecule has 1 saturated heterocycles. The van der Waals surface area contributed by atoms with E-state index in [0.717, 1.165) is 42.2 Å². The van der Waals surface area contributed by atoms with E-state index in [9.17, 15) is 4.79 Å². The van der Waals surface area contributed by atoms with E-state index in [-0.39, 0.29) is 12.5 Å². The Kier molecular flexibility index (Phi) is 7.01. The molecule has 1 fully saturated rings. The van der Waals surface area contributed by atoms with Crippen molar-refractivity contribution in [2.24, 2.45) is 0 Å². The molecule has 8 heteroatoms. The fourth-order valence-electron chi connectivity index (χ4n) is 2.71. The Labute approximate surface area is 166 Å². The molecule has 1 aliphatic heterocycles. The van der Waals surface area contributed by atoms with E-state index in [4.69, 9.17) is 4.74 Å². The number of hydrogen-bond donors (Lipinski definition) is 1. The summed E-state index contributed by atoms with van der Waals surface area (Å²) in [5, 5.41) is 2.91. The third-order valence-corrected chi connectivity index (χ3v) is 4.86. The number of halogens is 1. The number of carbonyl (C=O) groups excluding carboxylic acids is 1. The maximum absolute atomic E-state index is 11.9. The molecule has 0 atom stereocenters. The highest BCUT2D eigenvalue weighted by Gasteiger charge is 2.18. The quantitative estimate of drug-likeness (QED) is 0.622. The molecular formula is C18H22IN5O2. The van der Waals surface area contributed by atoms with Crippen LogP contribution in [0.2, 0.25) is 0 Å². The van der Waals surface area contributed by atoms with Crippen LogP contribution in [0.5, 0.6) is 5.75 Å². The van der Waals surface area contributed by atoms with Crippen molar-refractivity contribution in [2.45, 2.75) is 0 Å². The minimum absolute atomic E-state index is 0.0414. The predicted octanol–water partition coefficient (Wildman–Crippen LogP) is 1.40. The summed E-state index contributed by atoms with van der Waals surface area (Å²) in [5.74, 6) is 1.40. The van der Waals surface area contributed by atoms with Gasteiger partial charge in [0.15, 0.2) is 6.61 Å². The van der Waals surface area contributed by atoms with E-state index in [0.29, 0.717) is 12.3 Å². The summed E-state index contributed by atoms with van der Waals surface area (Å²) in [6.07, 6.45) is 3.53. The SMILES string of the molecule is O=C(COc1ccc(I)cc1)NCCN1CCN(c2ncccn2)CC1. The minimum Gasteiger partial charge on any atom is -0.484 e. The summed E-state index contributed by atoms with van der Waals surface area (Å²) in [6.45, 7) is 5.16. The minimum atomic E-state index is -0.0973. The summed E-state index contributed by atoms with van der Waals surface area (Å²) >= 11 is 2.23. The lowest BCUT2D eigenvalue weighted by Gasteiger charge is -2.34. The number of rotatable bonds is 7. The topological polar surface area (TPSA) is 70.6 Å². The number of benzene rings is 1. The highest BCUT2D eigenvalue weighted by Crippen LogP contribution is 2.13. The van der Waals surface area contributed by atoms with Crippen LogP contribution < -0.4 is 15.0 Å². The molecule has 3 rings (SSSR count). The normalized spacial score (nSPS) is 14.9. The third kappa shape index (κ3) is 5.80. The molecule has 2 heterocycles. The largest absolute Gasteiger partial charge is 0.484 e. The van der Waals surface area contributed by atoms with Gasteiger partial charge in [-0.05, 0) is 52.9 Å². The zero-order chi connectivity index (χ0) is 18.2. The number of anilines is 1. The Morgan fingerprint density at radius 1 is 1.12 bits per heavy atom. The van der Waals surface area contributed by atoms with Crippen LogP contribution in [0, 0.1) is 3.57 Å². The third-order valence-electron chi connectivity index (χ3n) is 4.14. The van der Waals surface area contributed by atoms with Gasteiger partial charge in [-0.15, -0.1) is 0 Å². The van der Waals surface area contributed by atoms with Gasteiger partial charge in [-0.25, -0.2) is 9.97 Å². The van der Waals surface area contributed by atoms with E-state index in [1.54, 1.807) is 12.4 Å². The average molecular weight is 467 g/mol. The highest BCUT2D eigenvalue weighted by atomic mass is 127. The Hall–Kier alpha value is -1.94. The average Bonchev–Trinajstić information content (AvgIpc) is 2.69. The first kappa shape index (κ1) is 18.8.